The lowest BCUT2D eigenvalue weighted by molar-refractivity contribution is 0.772. The zero-order valence-electron chi connectivity index (χ0n) is 8.44. The molecule has 2 rings (SSSR count). The van der Waals surface area contributed by atoms with Crippen molar-refractivity contribution in [1.82, 2.24) is 9.55 Å². The van der Waals surface area contributed by atoms with Crippen molar-refractivity contribution in [2.24, 2.45) is 0 Å². The minimum absolute atomic E-state index is 0.717. The number of aromatic nitrogens is 2. The van der Waals surface area contributed by atoms with Gasteiger partial charge in [-0.25, -0.2) is 4.98 Å². The lowest BCUT2D eigenvalue weighted by Gasteiger charge is -2.07. The van der Waals surface area contributed by atoms with E-state index < -0.39 is 0 Å². The number of aryl methyl sites for hydroxylation is 1. The number of benzene rings is 1. The summed E-state index contributed by atoms with van der Waals surface area (Å²) in [7, 11) is 0. The molecule has 0 spiro atoms. The summed E-state index contributed by atoms with van der Waals surface area (Å²) >= 11 is 5.89. The summed E-state index contributed by atoms with van der Waals surface area (Å²) < 4.78 is 2.03. The van der Waals surface area contributed by atoms with Crippen LogP contribution in [0.4, 0.5) is 11.6 Å². The van der Waals surface area contributed by atoms with E-state index in [2.05, 4.69) is 17.2 Å². The molecule has 0 aliphatic heterocycles. The highest BCUT2D eigenvalue weighted by molar-refractivity contribution is 6.30. The van der Waals surface area contributed by atoms with Gasteiger partial charge < -0.3 is 9.88 Å². The van der Waals surface area contributed by atoms with Gasteiger partial charge in [-0.15, -0.1) is 0 Å². The molecule has 2 aromatic rings. The van der Waals surface area contributed by atoms with E-state index in [1.165, 1.54) is 0 Å². The molecule has 1 heterocycles. The van der Waals surface area contributed by atoms with E-state index in [4.69, 9.17) is 11.6 Å². The fourth-order valence-electron chi connectivity index (χ4n) is 1.38. The van der Waals surface area contributed by atoms with Crippen LogP contribution in [0.1, 0.15) is 6.92 Å². The second-order valence-corrected chi connectivity index (χ2v) is 3.61. The molecule has 0 saturated heterocycles. The van der Waals surface area contributed by atoms with E-state index in [1.807, 2.05) is 35.0 Å². The van der Waals surface area contributed by atoms with Crippen LogP contribution in [0.3, 0.4) is 0 Å². The monoisotopic (exact) mass is 221 g/mol. The normalized spacial score (nSPS) is 10.3. The zero-order valence-corrected chi connectivity index (χ0v) is 9.20. The molecule has 3 nitrogen and oxygen atoms in total. The van der Waals surface area contributed by atoms with Crippen molar-refractivity contribution < 1.29 is 0 Å². The molecule has 0 bridgehead atoms. The quantitative estimate of drug-likeness (QED) is 0.862. The molecular formula is C11H12ClN3. The van der Waals surface area contributed by atoms with Gasteiger partial charge in [0.2, 0.25) is 5.95 Å². The molecule has 1 aromatic heterocycles. The molecule has 0 amide bonds. The second kappa shape index (κ2) is 4.36. The molecule has 0 saturated carbocycles. The molecule has 0 aliphatic carbocycles. The van der Waals surface area contributed by atoms with Crippen molar-refractivity contribution in [3.05, 3.63) is 41.7 Å². The number of anilines is 2. The predicted molar refractivity (Wildman–Crippen MR) is 62.6 cm³/mol. The maximum absolute atomic E-state index is 5.89. The minimum atomic E-state index is 0.717. The molecule has 0 aliphatic rings. The maximum atomic E-state index is 5.89. The Hall–Kier alpha value is -1.48. The standard InChI is InChI=1S/C11H12ClN3/c1-2-15-7-6-13-11(15)14-10-5-3-4-9(12)8-10/h3-8H,2H2,1H3,(H,13,14). The van der Waals surface area contributed by atoms with Crippen LogP contribution in [-0.2, 0) is 6.54 Å². The van der Waals surface area contributed by atoms with Gasteiger partial charge in [0, 0.05) is 29.6 Å². The zero-order chi connectivity index (χ0) is 10.7. The van der Waals surface area contributed by atoms with Crippen LogP contribution < -0.4 is 5.32 Å². The van der Waals surface area contributed by atoms with E-state index >= 15 is 0 Å². The van der Waals surface area contributed by atoms with Crippen molar-refractivity contribution in [3.8, 4) is 0 Å². The smallest absolute Gasteiger partial charge is 0.207 e. The summed E-state index contributed by atoms with van der Waals surface area (Å²) in [6.07, 6.45) is 3.71. The summed E-state index contributed by atoms with van der Waals surface area (Å²) in [4.78, 5) is 4.22. The average Bonchev–Trinajstić information content (AvgIpc) is 2.65. The van der Waals surface area contributed by atoms with Crippen LogP contribution in [0.5, 0.6) is 0 Å². The lowest BCUT2D eigenvalue weighted by atomic mass is 10.3. The van der Waals surface area contributed by atoms with Crippen LogP contribution in [0.15, 0.2) is 36.7 Å². The Kier molecular flexibility index (Phi) is 2.92. The average molecular weight is 222 g/mol. The van der Waals surface area contributed by atoms with Crippen LogP contribution >= 0.6 is 11.6 Å². The largest absolute Gasteiger partial charge is 0.326 e. The number of halogens is 1. The van der Waals surface area contributed by atoms with Gasteiger partial charge in [0.25, 0.3) is 0 Å². The molecule has 1 N–H and O–H groups in total. The van der Waals surface area contributed by atoms with Gasteiger partial charge in [0.1, 0.15) is 0 Å². The molecule has 1 aromatic carbocycles. The second-order valence-electron chi connectivity index (χ2n) is 3.17. The number of hydrogen-bond donors (Lipinski definition) is 1. The Morgan fingerprint density at radius 1 is 1.47 bits per heavy atom. The fourth-order valence-corrected chi connectivity index (χ4v) is 1.57. The topological polar surface area (TPSA) is 29.9 Å². The van der Waals surface area contributed by atoms with E-state index in [0.29, 0.717) is 0 Å². The fraction of sp³-hybridized carbons (Fsp3) is 0.182. The van der Waals surface area contributed by atoms with Gasteiger partial charge in [-0.05, 0) is 25.1 Å². The van der Waals surface area contributed by atoms with Crippen molar-refractivity contribution in [3.63, 3.8) is 0 Å². The number of nitrogens with one attached hydrogen (secondary N) is 1. The SMILES string of the molecule is CCn1ccnc1Nc1cccc(Cl)c1. The summed E-state index contributed by atoms with van der Waals surface area (Å²) in [5.74, 6) is 0.833. The Labute approximate surface area is 93.7 Å². The van der Waals surface area contributed by atoms with Gasteiger partial charge in [0.05, 0.1) is 0 Å². The molecule has 4 heteroatoms. The van der Waals surface area contributed by atoms with E-state index in [1.54, 1.807) is 6.20 Å². The van der Waals surface area contributed by atoms with Crippen molar-refractivity contribution in [2.75, 3.05) is 5.32 Å². The predicted octanol–water partition coefficient (Wildman–Crippen LogP) is 3.30. The van der Waals surface area contributed by atoms with E-state index in [0.717, 1.165) is 23.2 Å². The molecular weight excluding hydrogens is 210 g/mol. The third-order valence-electron chi connectivity index (χ3n) is 2.14. The molecule has 0 atom stereocenters. The lowest BCUT2D eigenvalue weighted by Crippen LogP contribution is -2.00. The summed E-state index contributed by atoms with van der Waals surface area (Å²) in [5, 5.41) is 3.93. The molecule has 0 unspecified atom stereocenters. The van der Waals surface area contributed by atoms with Gasteiger partial charge in [-0.2, -0.15) is 0 Å². The van der Waals surface area contributed by atoms with Crippen LogP contribution in [0.2, 0.25) is 5.02 Å². The minimum Gasteiger partial charge on any atom is -0.326 e. The van der Waals surface area contributed by atoms with E-state index in [9.17, 15) is 0 Å². The third kappa shape index (κ3) is 2.30. The number of rotatable bonds is 3. The summed E-state index contributed by atoms with van der Waals surface area (Å²) in [6, 6.07) is 7.58. The Morgan fingerprint density at radius 2 is 2.33 bits per heavy atom. The van der Waals surface area contributed by atoms with Crippen LogP contribution in [-0.4, -0.2) is 9.55 Å². The van der Waals surface area contributed by atoms with Crippen molar-refractivity contribution >= 4 is 23.2 Å². The highest BCUT2D eigenvalue weighted by Gasteiger charge is 2.01. The summed E-state index contributed by atoms with van der Waals surface area (Å²) in [6.45, 7) is 2.97. The van der Waals surface area contributed by atoms with Crippen LogP contribution in [0.25, 0.3) is 0 Å². The Balaban J connectivity index is 2.22. The maximum Gasteiger partial charge on any atom is 0.207 e. The first-order valence-corrected chi connectivity index (χ1v) is 5.21. The number of imidazole rings is 1. The first-order valence-electron chi connectivity index (χ1n) is 4.83. The molecule has 0 radical (unpaired) electrons. The highest BCUT2D eigenvalue weighted by atomic mass is 35.5. The molecule has 0 fully saturated rings. The summed E-state index contributed by atoms with van der Waals surface area (Å²) in [5.41, 5.74) is 0.948. The molecule has 78 valence electrons. The van der Waals surface area contributed by atoms with E-state index in [-0.39, 0.29) is 0 Å². The number of hydrogen-bond acceptors (Lipinski definition) is 2. The van der Waals surface area contributed by atoms with Gasteiger partial charge in [0.15, 0.2) is 0 Å². The third-order valence-corrected chi connectivity index (χ3v) is 2.37. The van der Waals surface area contributed by atoms with Crippen LogP contribution in [0, 0.1) is 0 Å². The highest BCUT2D eigenvalue weighted by Crippen LogP contribution is 2.18. The first kappa shape index (κ1) is 10.1. The molecule has 15 heavy (non-hydrogen) atoms. The Bertz CT molecular complexity index is 451. The first-order chi connectivity index (χ1) is 7.29. The van der Waals surface area contributed by atoms with Gasteiger partial charge >= 0.3 is 0 Å². The van der Waals surface area contributed by atoms with Crippen molar-refractivity contribution in [1.29, 1.82) is 0 Å². The van der Waals surface area contributed by atoms with Crippen molar-refractivity contribution in [2.45, 2.75) is 13.5 Å². The van der Waals surface area contributed by atoms with Gasteiger partial charge in [-0.3, -0.25) is 0 Å². The number of nitrogens with zero attached hydrogens (tertiary/aromatic N) is 2. The van der Waals surface area contributed by atoms with Gasteiger partial charge in [-0.1, -0.05) is 17.7 Å². The Morgan fingerprint density at radius 3 is 3.07 bits per heavy atom.